The molecule has 1 fully saturated rings. The molecule has 1 aliphatic heterocycles. The average Bonchev–Trinajstić information content (AvgIpc) is 2.83. The van der Waals surface area contributed by atoms with Crippen molar-refractivity contribution in [3.63, 3.8) is 0 Å². The van der Waals surface area contributed by atoms with Gasteiger partial charge in [0.1, 0.15) is 23.2 Å². The highest BCUT2D eigenvalue weighted by Gasteiger charge is 2.20. The fourth-order valence-corrected chi connectivity index (χ4v) is 4.08. The lowest BCUT2D eigenvalue weighted by atomic mass is 10.1. The Bertz CT molecular complexity index is 852. The maximum atomic E-state index is 7.46. The molecule has 0 saturated carbocycles. The van der Waals surface area contributed by atoms with Crippen LogP contribution < -0.4 is 20.9 Å². The van der Waals surface area contributed by atoms with E-state index >= 15 is 0 Å². The molecule has 2 atom stereocenters. The second-order valence-corrected chi connectivity index (χ2v) is 9.31. The summed E-state index contributed by atoms with van der Waals surface area (Å²) in [5.41, 5.74) is 12.4. The summed E-state index contributed by atoms with van der Waals surface area (Å²) in [6.07, 6.45) is 0. The van der Waals surface area contributed by atoms with Crippen LogP contribution in [0.4, 0.5) is 0 Å². The zero-order chi connectivity index (χ0) is 24.5. The SMILES string of the molecule is CC(COc1ccc(C(=N)N)cc1)CN1CCN(CC(C)COc2ccc(C(=N)N)cc2)CC1.Cl. The van der Waals surface area contributed by atoms with Crippen molar-refractivity contribution >= 4 is 24.1 Å². The monoisotopic (exact) mass is 502 g/mol. The van der Waals surface area contributed by atoms with Crippen LogP contribution in [0.2, 0.25) is 0 Å². The van der Waals surface area contributed by atoms with Crippen LogP contribution >= 0.6 is 12.4 Å². The van der Waals surface area contributed by atoms with Crippen LogP contribution in [0.25, 0.3) is 0 Å². The van der Waals surface area contributed by atoms with Gasteiger partial charge in [0.2, 0.25) is 0 Å². The Hall–Kier alpha value is -2.81. The molecular weight excluding hydrogens is 464 g/mol. The number of hydrogen-bond donors (Lipinski definition) is 4. The molecule has 6 N–H and O–H groups in total. The van der Waals surface area contributed by atoms with Gasteiger partial charge in [0.25, 0.3) is 0 Å². The number of hydrogen-bond acceptors (Lipinski definition) is 6. The zero-order valence-electron chi connectivity index (χ0n) is 20.7. The highest BCUT2D eigenvalue weighted by atomic mass is 35.5. The third-order valence-electron chi connectivity index (χ3n) is 6.00. The van der Waals surface area contributed by atoms with Gasteiger partial charge in [0.05, 0.1) is 13.2 Å². The van der Waals surface area contributed by atoms with E-state index in [1.807, 2.05) is 48.5 Å². The summed E-state index contributed by atoms with van der Waals surface area (Å²) >= 11 is 0. The van der Waals surface area contributed by atoms with E-state index in [9.17, 15) is 0 Å². The van der Waals surface area contributed by atoms with Gasteiger partial charge >= 0.3 is 0 Å². The number of piperazine rings is 1. The van der Waals surface area contributed by atoms with Crippen LogP contribution in [-0.4, -0.2) is 74.0 Å². The van der Waals surface area contributed by atoms with Gasteiger partial charge in [-0.05, 0) is 48.5 Å². The summed E-state index contributed by atoms with van der Waals surface area (Å²) < 4.78 is 11.8. The number of amidine groups is 2. The van der Waals surface area contributed by atoms with Gasteiger partial charge in [-0.2, -0.15) is 0 Å². The van der Waals surface area contributed by atoms with Crippen molar-refractivity contribution < 1.29 is 9.47 Å². The van der Waals surface area contributed by atoms with Crippen molar-refractivity contribution in [2.45, 2.75) is 13.8 Å². The quantitative estimate of drug-likeness (QED) is 0.261. The van der Waals surface area contributed by atoms with Gasteiger partial charge in [-0.25, -0.2) is 0 Å². The Balaban J connectivity index is 0.00000432. The number of nitrogens with one attached hydrogen (secondary N) is 2. The Kier molecular flexibility index (Phi) is 11.3. The number of ether oxygens (including phenoxy) is 2. The molecule has 2 unspecified atom stereocenters. The molecule has 35 heavy (non-hydrogen) atoms. The van der Waals surface area contributed by atoms with Gasteiger partial charge in [-0.3, -0.25) is 10.8 Å². The topological polar surface area (TPSA) is 125 Å². The molecule has 0 aliphatic carbocycles. The molecule has 3 rings (SSSR count). The molecule has 0 amide bonds. The zero-order valence-corrected chi connectivity index (χ0v) is 21.5. The minimum absolute atomic E-state index is 0. The average molecular weight is 503 g/mol. The molecule has 2 aromatic carbocycles. The maximum absolute atomic E-state index is 7.46. The lowest BCUT2D eigenvalue weighted by Crippen LogP contribution is -2.49. The minimum atomic E-state index is 0. The van der Waals surface area contributed by atoms with Gasteiger partial charge in [0.15, 0.2) is 0 Å². The van der Waals surface area contributed by atoms with Crippen LogP contribution in [0.15, 0.2) is 48.5 Å². The van der Waals surface area contributed by atoms with Crippen LogP contribution in [0.3, 0.4) is 0 Å². The molecule has 192 valence electrons. The van der Waals surface area contributed by atoms with E-state index in [1.54, 1.807) is 0 Å². The fraction of sp³-hybridized carbons (Fsp3) is 0.462. The molecule has 1 aliphatic rings. The second-order valence-electron chi connectivity index (χ2n) is 9.31. The predicted molar refractivity (Wildman–Crippen MR) is 144 cm³/mol. The van der Waals surface area contributed by atoms with Gasteiger partial charge < -0.3 is 30.7 Å². The highest BCUT2D eigenvalue weighted by Crippen LogP contribution is 2.16. The van der Waals surface area contributed by atoms with E-state index in [2.05, 4.69) is 23.6 Å². The summed E-state index contributed by atoms with van der Waals surface area (Å²) in [6.45, 7) is 12.1. The smallest absolute Gasteiger partial charge is 0.122 e. The number of halogens is 1. The van der Waals surface area contributed by atoms with Gasteiger partial charge in [-0.1, -0.05) is 13.8 Å². The first kappa shape index (κ1) is 28.4. The van der Waals surface area contributed by atoms with Crippen LogP contribution in [0.1, 0.15) is 25.0 Å². The van der Waals surface area contributed by atoms with E-state index in [4.69, 9.17) is 31.8 Å². The normalized spacial score (nSPS) is 16.1. The van der Waals surface area contributed by atoms with Crippen LogP contribution in [0.5, 0.6) is 11.5 Å². The fourth-order valence-electron chi connectivity index (χ4n) is 4.08. The van der Waals surface area contributed by atoms with Crippen molar-refractivity contribution in [3.8, 4) is 11.5 Å². The van der Waals surface area contributed by atoms with Crippen molar-refractivity contribution in [2.75, 3.05) is 52.5 Å². The number of rotatable bonds is 12. The minimum Gasteiger partial charge on any atom is -0.493 e. The first-order chi connectivity index (χ1) is 16.3. The van der Waals surface area contributed by atoms with E-state index in [0.717, 1.165) is 50.8 Å². The first-order valence-electron chi connectivity index (χ1n) is 11.9. The molecule has 0 spiro atoms. The maximum Gasteiger partial charge on any atom is 0.122 e. The van der Waals surface area contributed by atoms with E-state index in [0.29, 0.717) is 36.2 Å². The van der Waals surface area contributed by atoms with E-state index in [1.165, 1.54) is 0 Å². The number of nitrogen functional groups attached to an aromatic ring is 2. The third-order valence-corrected chi connectivity index (χ3v) is 6.00. The third kappa shape index (κ3) is 9.39. The summed E-state index contributed by atoms with van der Waals surface area (Å²) in [6, 6.07) is 14.7. The van der Waals surface area contributed by atoms with Crippen LogP contribution in [-0.2, 0) is 0 Å². The number of nitrogens with two attached hydrogens (primary N) is 2. The lowest BCUT2D eigenvalue weighted by molar-refractivity contribution is 0.0922. The van der Waals surface area contributed by atoms with E-state index in [-0.39, 0.29) is 24.1 Å². The van der Waals surface area contributed by atoms with Gasteiger partial charge in [-0.15, -0.1) is 12.4 Å². The molecular formula is C26H39ClN6O2. The lowest BCUT2D eigenvalue weighted by Gasteiger charge is -2.37. The molecule has 1 saturated heterocycles. The largest absolute Gasteiger partial charge is 0.493 e. The molecule has 0 aromatic heterocycles. The predicted octanol–water partition coefficient (Wildman–Crippen LogP) is 3.02. The highest BCUT2D eigenvalue weighted by molar-refractivity contribution is 5.95. The van der Waals surface area contributed by atoms with Crippen molar-refractivity contribution in [3.05, 3.63) is 59.7 Å². The van der Waals surface area contributed by atoms with Crippen LogP contribution in [0, 0.1) is 22.7 Å². The summed E-state index contributed by atoms with van der Waals surface area (Å²) in [7, 11) is 0. The number of benzene rings is 2. The number of nitrogens with zero attached hydrogens (tertiary/aromatic N) is 2. The second kappa shape index (κ2) is 13.9. The molecule has 2 aromatic rings. The summed E-state index contributed by atoms with van der Waals surface area (Å²) in [5, 5.41) is 14.9. The van der Waals surface area contributed by atoms with Crippen molar-refractivity contribution in [1.29, 1.82) is 10.8 Å². The molecule has 0 bridgehead atoms. The standard InChI is InChI=1S/C26H38N6O2.ClH/c1-19(17-33-23-7-3-21(4-8-23)25(27)28)15-31-11-13-32(14-12-31)16-20(2)18-34-24-9-5-22(6-10-24)26(29)30;/h3-10,19-20H,11-18H2,1-2H3,(H3,27,28)(H3,29,30);1H. The van der Waals surface area contributed by atoms with Crippen molar-refractivity contribution in [2.24, 2.45) is 23.3 Å². The molecule has 9 heteroatoms. The molecule has 8 nitrogen and oxygen atoms in total. The first-order valence-corrected chi connectivity index (χ1v) is 11.9. The van der Waals surface area contributed by atoms with Gasteiger partial charge in [0, 0.05) is 62.2 Å². The Morgan fingerprint density at radius 2 is 1.03 bits per heavy atom. The Morgan fingerprint density at radius 1 is 0.714 bits per heavy atom. The summed E-state index contributed by atoms with van der Waals surface area (Å²) in [5.74, 6) is 2.63. The molecule has 0 radical (unpaired) electrons. The van der Waals surface area contributed by atoms with E-state index < -0.39 is 0 Å². The Labute approximate surface area is 215 Å². The summed E-state index contributed by atoms with van der Waals surface area (Å²) in [4.78, 5) is 5.03. The van der Waals surface area contributed by atoms with Crippen molar-refractivity contribution in [1.82, 2.24) is 9.80 Å². The Morgan fingerprint density at radius 3 is 1.31 bits per heavy atom. The molecule has 1 heterocycles.